The van der Waals surface area contributed by atoms with E-state index in [9.17, 15) is 19.2 Å². The highest BCUT2D eigenvalue weighted by molar-refractivity contribution is 5.95. The molecule has 0 aliphatic carbocycles. The molecule has 3 aromatic carbocycles. The van der Waals surface area contributed by atoms with Crippen LogP contribution in [0.2, 0.25) is 0 Å². The lowest BCUT2D eigenvalue weighted by molar-refractivity contribution is -0.148. The van der Waals surface area contributed by atoms with Gasteiger partial charge in [-0.15, -0.1) is 0 Å². The van der Waals surface area contributed by atoms with Gasteiger partial charge in [0.2, 0.25) is 17.7 Å². The van der Waals surface area contributed by atoms with Crippen LogP contribution in [0, 0.1) is 0 Å². The fourth-order valence-corrected chi connectivity index (χ4v) is 4.96. The number of carbonyl (C=O) groups excluding carboxylic acids is 3. The monoisotopic (exact) mass is 586 g/mol. The predicted molar refractivity (Wildman–Crippen MR) is 169 cm³/mol. The van der Waals surface area contributed by atoms with E-state index < -0.39 is 29.6 Å². The topological polar surface area (TPSA) is 110 Å². The smallest absolute Gasteiger partial charge is 0.405 e. The number of nitrogens with one attached hydrogen (secondary N) is 1. The summed E-state index contributed by atoms with van der Waals surface area (Å²) in [7, 11) is 6.50. The molecule has 0 saturated heterocycles. The van der Waals surface area contributed by atoms with Gasteiger partial charge in [-0.1, -0.05) is 78.9 Å². The summed E-state index contributed by atoms with van der Waals surface area (Å²) in [4.78, 5) is 56.3. The molecule has 3 aromatic rings. The summed E-state index contributed by atoms with van der Waals surface area (Å²) in [6, 6.07) is 21.7. The first-order valence-electron chi connectivity index (χ1n) is 14.2. The van der Waals surface area contributed by atoms with Gasteiger partial charge in [0.25, 0.3) is 0 Å². The van der Waals surface area contributed by atoms with Crippen LogP contribution in [0.25, 0.3) is 10.8 Å². The lowest BCUT2D eigenvalue weighted by Crippen LogP contribution is -2.55. The van der Waals surface area contributed by atoms with Crippen molar-refractivity contribution in [3.63, 3.8) is 0 Å². The van der Waals surface area contributed by atoms with Crippen LogP contribution < -0.4 is 5.32 Å². The zero-order valence-corrected chi connectivity index (χ0v) is 25.8. The van der Waals surface area contributed by atoms with Gasteiger partial charge in [0.1, 0.15) is 12.1 Å². The Hall–Kier alpha value is -4.66. The van der Waals surface area contributed by atoms with E-state index in [0.29, 0.717) is 6.42 Å². The Morgan fingerprint density at radius 2 is 1.35 bits per heavy atom. The minimum atomic E-state index is -1.15. The van der Waals surface area contributed by atoms with Crippen molar-refractivity contribution in [3.8, 4) is 0 Å². The maximum absolute atomic E-state index is 14.2. The average Bonchev–Trinajstić information content (AvgIpc) is 2.96. The summed E-state index contributed by atoms with van der Waals surface area (Å²) in [5.41, 5.74) is 1.01. The Kier molecular flexibility index (Phi) is 11.1. The third-order valence-electron chi connectivity index (χ3n) is 7.49. The number of hydrogen-bond donors (Lipinski definition) is 2. The molecule has 4 amide bonds. The standard InChI is InChI=1S/C34H42N4O5/c1-34(2,35-33(42)43)20-12-17-30(39)37(5)29(23-25-18-19-26-15-10-11-16-27(26)21-25)32(41)38(6)28(31(40)36(3)4)22-24-13-8-7-9-14-24/h7-19,21,28-29,35H,20,22-23H2,1-6H3,(H,42,43)/b17-12+/t28-,29-/m1/s1. The number of carboxylic acid groups (broad SMARTS) is 1. The molecule has 0 aromatic heterocycles. The van der Waals surface area contributed by atoms with Crippen LogP contribution in [-0.2, 0) is 27.2 Å². The van der Waals surface area contributed by atoms with Gasteiger partial charge >= 0.3 is 6.09 Å². The quantitative estimate of drug-likeness (QED) is 0.307. The van der Waals surface area contributed by atoms with Crippen molar-refractivity contribution in [2.24, 2.45) is 0 Å². The van der Waals surface area contributed by atoms with Crippen molar-refractivity contribution < 1.29 is 24.3 Å². The zero-order valence-electron chi connectivity index (χ0n) is 25.8. The molecule has 9 nitrogen and oxygen atoms in total. The van der Waals surface area contributed by atoms with Gasteiger partial charge in [-0.3, -0.25) is 14.4 Å². The first kappa shape index (κ1) is 32.8. The third kappa shape index (κ3) is 9.16. The van der Waals surface area contributed by atoms with Crippen molar-refractivity contribution >= 4 is 34.6 Å². The van der Waals surface area contributed by atoms with Gasteiger partial charge in [-0.2, -0.15) is 0 Å². The highest BCUT2D eigenvalue weighted by Gasteiger charge is 2.35. The first-order chi connectivity index (χ1) is 20.3. The van der Waals surface area contributed by atoms with E-state index in [1.54, 1.807) is 48.1 Å². The number of benzene rings is 3. The second-order valence-corrected chi connectivity index (χ2v) is 11.7. The normalized spacial score (nSPS) is 12.9. The summed E-state index contributed by atoms with van der Waals surface area (Å²) in [6.07, 6.45) is 2.65. The molecule has 228 valence electrons. The number of hydrogen-bond acceptors (Lipinski definition) is 4. The van der Waals surface area contributed by atoms with Crippen LogP contribution >= 0.6 is 0 Å². The molecule has 0 heterocycles. The summed E-state index contributed by atoms with van der Waals surface area (Å²) < 4.78 is 0. The van der Waals surface area contributed by atoms with Crippen molar-refractivity contribution in [2.45, 2.75) is 50.7 Å². The molecule has 2 N–H and O–H groups in total. The van der Waals surface area contributed by atoms with Gasteiger partial charge in [-0.05, 0) is 48.2 Å². The largest absolute Gasteiger partial charge is 0.465 e. The van der Waals surface area contributed by atoms with Crippen molar-refractivity contribution in [2.75, 3.05) is 28.2 Å². The van der Waals surface area contributed by atoms with E-state index in [4.69, 9.17) is 5.11 Å². The van der Waals surface area contributed by atoms with Gasteiger partial charge in [0.15, 0.2) is 0 Å². The van der Waals surface area contributed by atoms with Crippen LogP contribution in [0.5, 0.6) is 0 Å². The Balaban J connectivity index is 1.93. The minimum Gasteiger partial charge on any atom is -0.465 e. The maximum atomic E-state index is 14.2. The molecule has 0 fully saturated rings. The third-order valence-corrected chi connectivity index (χ3v) is 7.49. The number of fused-ring (bicyclic) bond motifs is 1. The van der Waals surface area contributed by atoms with Crippen LogP contribution in [-0.4, -0.2) is 89.4 Å². The molecule has 0 aliphatic rings. The molecule has 0 saturated carbocycles. The molecule has 3 rings (SSSR count). The van der Waals surface area contributed by atoms with Gasteiger partial charge in [0.05, 0.1) is 0 Å². The Morgan fingerprint density at radius 3 is 1.98 bits per heavy atom. The predicted octanol–water partition coefficient (Wildman–Crippen LogP) is 4.36. The molecule has 0 unspecified atom stereocenters. The number of rotatable bonds is 12. The molecule has 0 radical (unpaired) electrons. The van der Waals surface area contributed by atoms with Crippen molar-refractivity contribution in [1.82, 2.24) is 20.0 Å². The van der Waals surface area contributed by atoms with E-state index in [2.05, 4.69) is 5.32 Å². The lowest BCUT2D eigenvalue weighted by Gasteiger charge is -2.35. The van der Waals surface area contributed by atoms with Crippen LogP contribution in [0.1, 0.15) is 31.4 Å². The van der Waals surface area contributed by atoms with Gasteiger partial charge in [-0.25, -0.2) is 4.79 Å². The van der Waals surface area contributed by atoms with E-state index >= 15 is 0 Å². The van der Waals surface area contributed by atoms with Crippen LogP contribution in [0.15, 0.2) is 84.9 Å². The minimum absolute atomic E-state index is 0.216. The molecule has 9 heteroatoms. The fourth-order valence-electron chi connectivity index (χ4n) is 4.96. The average molecular weight is 587 g/mol. The summed E-state index contributed by atoms with van der Waals surface area (Å²) >= 11 is 0. The Labute approximate surface area is 253 Å². The van der Waals surface area contributed by atoms with Gasteiger partial charge < -0.3 is 25.1 Å². The van der Waals surface area contributed by atoms with Crippen LogP contribution in [0.3, 0.4) is 0 Å². The van der Waals surface area contributed by atoms with E-state index in [1.807, 2.05) is 72.8 Å². The summed E-state index contributed by atoms with van der Waals surface area (Å²) in [6.45, 7) is 3.44. The second-order valence-electron chi connectivity index (χ2n) is 11.7. The molecule has 0 aliphatic heterocycles. The summed E-state index contributed by atoms with van der Waals surface area (Å²) in [5.74, 6) is -0.982. The molecule has 2 atom stereocenters. The van der Waals surface area contributed by atoms with E-state index in [0.717, 1.165) is 21.9 Å². The summed E-state index contributed by atoms with van der Waals surface area (Å²) in [5, 5.41) is 13.6. The van der Waals surface area contributed by atoms with Crippen LogP contribution in [0.4, 0.5) is 4.79 Å². The fraction of sp³-hybridized carbons (Fsp3) is 0.353. The Bertz CT molecular complexity index is 1470. The number of nitrogens with zero attached hydrogens (tertiary/aromatic N) is 3. The highest BCUT2D eigenvalue weighted by Crippen LogP contribution is 2.20. The molecular formula is C34H42N4O5. The van der Waals surface area contributed by atoms with Gasteiger partial charge in [0, 0.05) is 46.6 Å². The molecule has 0 spiro atoms. The molecular weight excluding hydrogens is 544 g/mol. The zero-order chi connectivity index (χ0) is 31.7. The second kappa shape index (κ2) is 14.5. The SMILES string of the molecule is CN(C)C(=O)[C@@H](Cc1ccccc1)N(C)C(=O)[C@@H](Cc1ccc2ccccc2c1)N(C)C(=O)/C=C/CC(C)(C)NC(=O)O. The van der Waals surface area contributed by atoms with E-state index in [-0.39, 0.29) is 24.7 Å². The van der Waals surface area contributed by atoms with E-state index in [1.165, 1.54) is 20.8 Å². The van der Waals surface area contributed by atoms with Crippen molar-refractivity contribution in [3.05, 3.63) is 96.1 Å². The lowest BCUT2D eigenvalue weighted by atomic mass is 9.98. The number of amides is 4. The number of likely N-dealkylation sites (N-methyl/N-ethyl adjacent to an activating group) is 3. The van der Waals surface area contributed by atoms with Crippen molar-refractivity contribution in [1.29, 1.82) is 0 Å². The Morgan fingerprint density at radius 1 is 0.767 bits per heavy atom. The number of carbonyl (C=O) groups is 4. The molecule has 0 bridgehead atoms. The highest BCUT2D eigenvalue weighted by atomic mass is 16.4. The molecule has 43 heavy (non-hydrogen) atoms. The maximum Gasteiger partial charge on any atom is 0.405 e. The first-order valence-corrected chi connectivity index (χ1v) is 14.2.